The molecule has 1 aromatic heterocycles. The summed E-state index contributed by atoms with van der Waals surface area (Å²) in [7, 11) is 0. The van der Waals surface area contributed by atoms with Crippen molar-refractivity contribution in [3.8, 4) is 0 Å². The van der Waals surface area contributed by atoms with E-state index in [1.165, 1.54) is 4.68 Å². The summed E-state index contributed by atoms with van der Waals surface area (Å²) in [6.07, 6.45) is 4.66. The topological polar surface area (TPSA) is 46.9 Å². The molecular formula is C11H18BrN3OS. The van der Waals surface area contributed by atoms with Gasteiger partial charge in [0.2, 0.25) is 0 Å². The average Bonchev–Trinajstić information content (AvgIpc) is 2.29. The molecule has 4 nitrogen and oxygen atoms in total. The molecule has 1 aromatic rings. The van der Waals surface area contributed by atoms with Gasteiger partial charge in [-0.15, -0.1) is 0 Å². The van der Waals surface area contributed by atoms with Crippen molar-refractivity contribution >= 4 is 33.4 Å². The van der Waals surface area contributed by atoms with Gasteiger partial charge in [0.15, 0.2) is 0 Å². The van der Waals surface area contributed by atoms with Crippen molar-refractivity contribution < 1.29 is 0 Å². The third-order valence-corrected chi connectivity index (χ3v) is 3.84. The summed E-state index contributed by atoms with van der Waals surface area (Å²) in [5.74, 6) is 0.991. The maximum absolute atomic E-state index is 11.9. The molecule has 1 heterocycles. The first kappa shape index (κ1) is 14.6. The van der Waals surface area contributed by atoms with E-state index in [-0.39, 0.29) is 5.56 Å². The van der Waals surface area contributed by atoms with Crippen LogP contribution in [-0.4, -0.2) is 27.8 Å². The zero-order valence-electron chi connectivity index (χ0n) is 10.4. The Hall–Kier alpha value is -0.490. The first-order valence-electron chi connectivity index (χ1n) is 5.61. The average molecular weight is 320 g/mol. The lowest BCUT2D eigenvalue weighted by Gasteiger charge is -2.15. The summed E-state index contributed by atoms with van der Waals surface area (Å²) < 4.78 is 2.04. The van der Waals surface area contributed by atoms with Gasteiger partial charge in [0.05, 0.1) is 11.9 Å². The lowest BCUT2D eigenvalue weighted by molar-refractivity contribution is 0.565. The smallest absolute Gasteiger partial charge is 0.283 e. The molecule has 0 spiro atoms. The van der Waals surface area contributed by atoms with Gasteiger partial charge in [0.1, 0.15) is 4.47 Å². The van der Waals surface area contributed by atoms with Crippen molar-refractivity contribution in [2.75, 3.05) is 17.3 Å². The number of hydrogen-bond acceptors (Lipinski definition) is 4. The Kier molecular flexibility index (Phi) is 6.05. The lowest BCUT2D eigenvalue weighted by atomic mass is 10.3. The van der Waals surface area contributed by atoms with Crippen LogP contribution in [0.2, 0.25) is 0 Å². The van der Waals surface area contributed by atoms with Gasteiger partial charge in [-0.3, -0.25) is 4.79 Å². The van der Waals surface area contributed by atoms with E-state index in [2.05, 4.69) is 39.5 Å². The summed E-state index contributed by atoms with van der Waals surface area (Å²) in [5, 5.41) is 7.42. The molecular weight excluding hydrogens is 302 g/mol. The lowest BCUT2D eigenvalue weighted by Crippen LogP contribution is -2.26. The van der Waals surface area contributed by atoms with Crippen LogP contribution < -0.4 is 10.9 Å². The van der Waals surface area contributed by atoms with Crippen molar-refractivity contribution in [2.45, 2.75) is 32.9 Å². The molecule has 0 aromatic carbocycles. The number of rotatable bonds is 6. The largest absolute Gasteiger partial charge is 0.379 e. The van der Waals surface area contributed by atoms with E-state index in [1.807, 2.05) is 6.92 Å². The molecule has 0 bridgehead atoms. The van der Waals surface area contributed by atoms with Crippen LogP contribution in [0.1, 0.15) is 20.3 Å². The fourth-order valence-corrected chi connectivity index (χ4v) is 2.50. The monoisotopic (exact) mass is 319 g/mol. The van der Waals surface area contributed by atoms with Crippen molar-refractivity contribution in [1.29, 1.82) is 0 Å². The Morgan fingerprint density at radius 2 is 2.35 bits per heavy atom. The summed E-state index contributed by atoms with van der Waals surface area (Å²) in [4.78, 5) is 11.9. The second-order valence-corrected chi connectivity index (χ2v) is 5.60. The van der Waals surface area contributed by atoms with Gasteiger partial charge < -0.3 is 5.32 Å². The third-order valence-electron chi connectivity index (χ3n) is 2.24. The molecule has 0 radical (unpaired) electrons. The van der Waals surface area contributed by atoms with Crippen LogP contribution in [0, 0.1) is 0 Å². The number of thioether (sulfide) groups is 1. The predicted molar refractivity (Wildman–Crippen MR) is 78.0 cm³/mol. The molecule has 1 rings (SSSR count). The second kappa shape index (κ2) is 7.06. The Balaban J connectivity index is 2.89. The first-order valence-corrected chi connectivity index (χ1v) is 7.79. The highest BCUT2D eigenvalue weighted by Gasteiger charge is 2.10. The Morgan fingerprint density at radius 3 is 2.94 bits per heavy atom. The van der Waals surface area contributed by atoms with Gasteiger partial charge >= 0.3 is 0 Å². The Bertz CT molecular complexity index is 422. The zero-order valence-corrected chi connectivity index (χ0v) is 12.8. The number of aryl methyl sites for hydroxylation is 1. The van der Waals surface area contributed by atoms with E-state index in [4.69, 9.17) is 0 Å². The van der Waals surface area contributed by atoms with Crippen LogP contribution in [0.25, 0.3) is 0 Å². The maximum Gasteiger partial charge on any atom is 0.283 e. The normalized spacial score (nSPS) is 12.5. The Morgan fingerprint density at radius 1 is 1.65 bits per heavy atom. The van der Waals surface area contributed by atoms with Crippen LogP contribution in [0.15, 0.2) is 15.5 Å². The second-order valence-electron chi connectivity index (χ2n) is 3.90. The summed E-state index contributed by atoms with van der Waals surface area (Å²) in [6.45, 7) is 4.76. The molecule has 1 unspecified atom stereocenters. The van der Waals surface area contributed by atoms with E-state index in [0.29, 0.717) is 17.1 Å². The van der Waals surface area contributed by atoms with Gasteiger partial charge in [-0.2, -0.15) is 16.9 Å². The third kappa shape index (κ3) is 4.03. The SMILES string of the molecule is CCCn1ncc(NC(C)CSC)c(Br)c1=O. The van der Waals surface area contributed by atoms with Crippen LogP contribution in [0.3, 0.4) is 0 Å². The molecule has 17 heavy (non-hydrogen) atoms. The molecule has 1 atom stereocenters. The number of nitrogens with one attached hydrogen (secondary N) is 1. The van der Waals surface area contributed by atoms with Crippen LogP contribution in [-0.2, 0) is 6.54 Å². The number of nitrogens with zero attached hydrogens (tertiary/aromatic N) is 2. The van der Waals surface area contributed by atoms with Crippen molar-refractivity contribution in [3.63, 3.8) is 0 Å². The number of halogens is 1. The fraction of sp³-hybridized carbons (Fsp3) is 0.636. The minimum atomic E-state index is -0.0757. The van der Waals surface area contributed by atoms with Gasteiger partial charge in [0, 0.05) is 18.3 Å². The zero-order chi connectivity index (χ0) is 12.8. The van der Waals surface area contributed by atoms with Gasteiger partial charge in [-0.1, -0.05) is 6.92 Å². The molecule has 6 heteroatoms. The molecule has 0 aliphatic heterocycles. The van der Waals surface area contributed by atoms with Crippen molar-refractivity contribution in [3.05, 3.63) is 21.0 Å². The molecule has 0 aliphatic rings. The quantitative estimate of drug-likeness (QED) is 0.875. The van der Waals surface area contributed by atoms with Crippen LogP contribution in [0.5, 0.6) is 0 Å². The highest BCUT2D eigenvalue weighted by Crippen LogP contribution is 2.17. The molecule has 0 amide bonds. The summed E-state index contributed by atoms with van der Waals surface area (Å²) >= 11 is 5.11. The standard InChI is InChI=1S/C11H18BrN3OS/c1-4-5-15-11(16)10(12)9(6-13-15)14-8(2)7-17-3/h6,8,14H,4-5,7H2,1-3H3. The van der Waals surface area contributed by atoms with E-state index < -0.39 is 0 Å². The number of aromatic nitrogens is 2. The molecule has 0 fully saturated rings. The predicted octanol–water partition coefficient (Wildman–Crippen LogP) is 2.58. The first-order chi connectivity index (χ1) is 8.10. The summed E-state index contributed by atoms with van der Waals surface area (Å²) in [5.41, 5.74) is 0.692. The summed E-state index contributed by atoms with van der Waals surface area (Å²) in [6, 6.07) is 0.310. The molecule has 0 saturated carbocycles. The minimum Gasteiger partial charge on any atom is -0.379 e. The van der Waals surface area contributed by atoms with Gasteiger partial charge in [0.25, 0.3) is 5.56 Å². The number of hydrogen-bond donors (Lipinski definition) is 1. The highest BCUT2D eigenvalue weighted by atomic mass is 79.9. The molecule has 0 aliphatic carbocycles. The fourth-order valence-electron chi connectivity index (χ4n) is 1.49. The van der Waals surface area contributed by atoms with Gasteiger partial charge in [-0.05, 0) is 35.5 Å². The van der Waals surface area contributed by atoms with Crippen molar-refractivity contribution in [1.82, 2.24) is 9.78 Å². The van der Waals surface area contributed by atoms with E-state index in [0.717, 1.165) is 17.9 Å². The van der Waals surface area contributed by atoms with E-state index in [9.17, 15) is 4.79 Å². The van der Waals surface area contributed by atoms with Crippen molar-refractivity contribution in [2.24, 2.45) is 0 Å². The highest BCUT2D eigenvalue weighted by molar-refractivity contribution is 9.10. The molecule has 1 N–H and O–H groups in total. The number of anilines is 1. The van der Waals surface area contributed by atoms with Crippen LogP contribution >= 0.6 is 27.7 Å². The minimum absolute atomic E-state index is 0.0757. The maximum atomic E-state index is 11.9. The van der Waals surface area contributed by atoms with E-state index in [1.54, 1.807) is 18.0 Å². The van der Waals surface area contributed by atoms with Crippen LogP contribution in [0.4, 0.5) is 5.69 Å². The Labute approximate surface area is 114 Å². The molecule has 96 valence electrons. The van der Waals surface area contributed by atoms with E-state index >= 15 is 0 Å². The molecule has 0 saturated heterocycles. The van der Waals surface area contributed by atoms with Gasteiger partial charge in [-0.25, -0.2) is 4.68 Å².